The summed E-state index contributed by atoms with van der Waals surface area (Å²) in [5.74, 6) is 0.0648. The molecule has 0 aliphatic heterocycles. The molecule has 0 spiro atoms. The Balaban J connectivity index is 1.56. The highest BCUT2D eigenvalue weighted by Crippen LogP contribution is 2.32. The number of hydrogen-bond acceptors (Lipinski definition) is 5. The van der Waals surface area contributed by atoms with E-state index in [-0.39, 0.29) is 5.91 Å². The maximum absolute atomic E-state index is 12.8. The second-order valence-electron chi connectivity index (χ2n) is 5.26. The minimum atomic E-state index is 0.0648. The number of nitrogens with zero attached hydrogens (tertiary/aromatic N) is 2. The molecule has 22 heavy (non-hydrogen) atoms. The molecule has 0 N–H and O–H groups in total. The van der Waals surface area contributed by atoms with Crippen molar-refractivity contribution in [1.29, 1.82) is 0 Å². The van der Waals surface area contributed by atoms with E-state index in [4.69, 9.17) is 0 Å². The predicted octanol–water partition coefficient (Wildman–Crippen LogP) is 4.74. The van der Waals surface area contributed by atoms with Gasteiger partial charge in [0.2, 0.25) is 0 Å². The molecule has 3 nitrogen and oxygen atoms in total. The Labute approximate surface area is 140 Å². The summed E-state index contributed by atoms with van der Waals surface area (Å²) in [4.78, 5) is 21.7. The fourth-order valence-corrected chi connectivity index (χ4v) is 4.67. The monoisotopic (exact) mass is 346 g/mol. The van der Waals surface area contributed by atoms with Crippen molar-refractivity contribution >= 4 is 39.9 Å². The second kappa shape index (κ2) is 5.95. The maximum atomic E-state index is 12.8. The highest BCUT2D eigenvalue weighted by molar-refractivity contribution is 7.20. The van der Waals surface area contributed by atoms with Gasteiger partial charge in [-0.15, -0.1) is 34.0 Å². The van der Waals surface area contributed by atoms with Crippen molar-refractivity contribution in [2.24, 2.45) is 0 Å². The molecule has 0 bridgehead atoms. The van der Waals surface area contributed by atoms with Gasteiger partial charge in [0.15, 0.2) is 0 Å². The van der Waals surface area contributed by atoms with Crippen LogP contribution in [-0.4, -0.2) is 21.8 Å². The SMILES string of the molecule is O=C(c1csc(-c2cccs2)n1)N(Cc1cccs1)C1CC1. The van der Waals surface area contributed by atoms with Gasteiger partial charge in [-0.3, -0.25) is 4.79 Å². The van der Waals surface area contributed by atoms with Gasteiger partial charge in [-0.1, -0.05) is 12.1 Å². The number of thiazole rings is 1. The summed E-state index contributed by atoms with van der Waals surface area (Å²) in [6, 6.07) is 8.57. The molecule has 112 valence electrons. The molecule has 1 aliphatic rings. The van der Waals surface area contributed by atoms with E-state index >= 15 is 0 Å². The number of amides is 1. The third kappa shape index (κ3) is 2.86. The van der Waals surface area contributed by atoms with E-state index in [2.05, 4.69) is 16.4 Å². The summed E-state index contributed by atoms with van der Waals surface area (Å²) >= 11 is 4.91. The van der Waals surface area contributed by atoms with Gasteiger partial charge in [-0.25, -0.2) is 4.98 Å². The molecule has 1 aliphatic carbocycles. The van der Waals surface area contributed by atoms with Crippen LogP contribution in [0.4, 0.5) is 0 Å². The molecule has 0 saturated heterocycles. The van der Waals surface area contributed by atoms with Gasteiger partial charge in [0.05, 0.1) is 11.4 Å². The largest absolute Gasteiger partial charge is 0.329 e. The van der Waals surface area contributed by atoms with Crippen LogP contribution in [0.15, 0.2) is 40.4 Å². The highest BCUT2D eigenvalue weighted by Gasteiger charge is 2.34. The standard InChI is InChI=1S/C16H14N2OS3/c19-16(13-10-22-15(17-13)14-4-2-8-21-14)18(11-5-6-11)9-12-3-1-7-20-12/h1-4,7-8,10-11H,5-6,9H2. The van der Waals surface area contributed by atoms with Crippen LogP contribution in [0, 0.1) is 0 Å². The number of hydrogen-bond donors (Lipinski definition) is 0. The van der Waals surface area contributed by atoms with Crippen molar-refractivity contribution < 1.29 is 4.79 Å². The summed E-state index contributed by atoms with van der Waals surface area (Å²) in [7, 11) is 0. The Hall–Kier alpha value is -1.50. The van der Waals surface area contributed by atoms with Crippen molar-refractivity contribution in [3.8, 4) is 9.88 Å². The van der Waals surface area contributed by atoms with Crippen LogP contribution in [0.1, 0.15) is 28.2 Å². The zero-order valence-electron chi connectivity index (χ0n) is 11.8. The summed E-state index contributed by atoms with van der Waals surface area (Å²) in [5.41, 5.74) is 0.580. The lowest BCUT2D eigenvalue weighted by Crippen LogP contribution is -2.32. The Kier molecular flexibility index (Phi) is 3.82. The Morgan fingerprint density at radius 2 is 2.00 bits per heavy atom. The summed E-state index contributed by atoms with van der Waals surface area (Å²) < 4.78 is 0. The quantitative estimate of drug-likeness (QED) is 0.668. The van der Waals surface area contributed by atoms with Gasteiger partial charge >= 0.3 is 0 Å². The highest BCUT2D eigenvalue weighted by atomic mass is 32.1. The first-order valence-corrected chi connectivity index (χ1v) is 9.78. The average molecular weight is 347 g/mol. The fraction of sp³-hybridized carbons (Fsp3) is 0.250. The molecule has 1 amide bonds. The molecule has 3 heterocycles. The minimum Gasteiger partial charge on any atom is -0.329 e. The second-order valence-corrected chi connectivity index (χ2v) is 8.10. The van der Waals surface area contributed by atoms with E-state index in [1.807, 2.05) is 33.9 Å². The van der Waals surface area contributed by atoms with E-state index in [1.165, 1.54) is 4.88 Å². The lowest BCUT2D eigenvalue weighted by molar-refractivity contribution is 0.0726. The molecule has 3 aromatic rings. The Morgan fingerprint density at radius 3 is 2.68 bits per heavy atom. The lowest BCUT2D eigenvalue weighted by atomic mass is 10.3. The van der Waals surface area contributed by atoms with Crippen molar-refractivity contribution in [1.82, 2.24) is 9.88 Å². The number of rotatable bonds is 5. The van der Waals surface area contributed by atoms with Crippen molar-refractivity contribution in [2.75, 3.05) is 0 Å². The van der Waals surface area contributed by atoms with Crippen LogP contribution in [0.3, 0.4) is 0 Å². The summed E-state index contributed by atoms with van der Waals surface area (Å²) in [6.45, 7) is 0.701. The molecule has 3 aromatic heterocycles. The smallest absolute Gasteiger partial charge is 0.273 e. The van der Waals surface area contributed by atoms with Gasteiger partial charge in [0.1, 0.15) is 10.7 Å². The molecule has 1 fully saturated rings. The fourth-order valence-electron chi connectivity index (χ4n) is 2.36. The number of thiophene rings is 2. The van der Waals surface area contributed by atoms with Gasteiger partial charge in [-0.05, 0) is 35.7 Å². The Bertz CT molecular complexity index is 757. The molecule has 4 rings (SSSR count). The molecule has 1 saturated carbocycles. The normalized spacial score (nSPS) is 14.2. The van der Waals surface area contributed by atoms with E-state index in [1.54, 1.807) is 34.0 Å². The van der Waals surface area contributed by atoms with Gasteiger partial charge in [0, 0.05) is 16.3 Å². The first-order valence-electron chi connectivity index (χ1n) is 7.14. The van der Waals surface area contributed by atoms with Crippen LogP contribution in [-0.2, 0) is 6.54 Å². The van der Waals surface area contributed by atoms with Gasteiger partial charge < -0.3 is 4.90 Å². The average Bonchev–Trinajstić information content (AvgIpc) is 3.01. The summed E-state index contributed by atoms with van der Waals surface area (Å²) in [5, 5.41) is 6.92. The topological polar surface area (TPSA) is 33.2 Å². The third-order valence-corrected chi connectivity index (χ3v) is 6.35. The molecule has 0 radical (unpaired) electrons. The first kappa shape index (κ1) is 14.1. The van der Waals surface area contributed by atoms with Crippen LogP contribution >= 0.6 is 34.0 Å². The van der Waals surface area contributed by atoms with Crippen molar-refractivity contribution in [3.63, 3.8) is 0 Å². The lowest BCUT2D eigenvalue weighted by Gasteiger charge is -2.20. The number of carbonyl (C=O) groups excluding carboxylic acids is 1. The van der Waals surface area contributed by atoms with Gasteiger partial charge in [0.25, 0.3) is 5.91 Å². The molecule has 0 atom stereocenters. The van der Waals surface area contributed by atoms with E-state index in [0.717, 1.165) is 22.7 Å². The van der Waals surface area contributed by atoms with Crippen LogP contribution in [0.25, 0.3) is 9.88 Å². The maximum Gasteiger partial charge on any atom is 0.273 e. The first-order chi connectivity index (χ1) is 10.8. The summed E-state index contributed by atoms with van der Waals surface area (Å²) in [6.07, 6.45) is 2.22. The molecular formula is C16H14N2OS3. The number of carbonyl (C=O) groups is 1. The zero-order valence-corrected chi connectivity index (χ0v) is 14.2. The van der Waals surface area contributed by atoms with Gasteiger partial charge in [-0.2, -0.15) is 0 Å². The van der Waals surface area contributed by atoms with E-state index in [9.17, 15) is 4.79 Å². The molecular weight excluding hydrogens is 332 g/mol. The molecule has 0 unspecified atom stereocenters. The van der Waals surface area contributed by atoms with Crippen molar-refractivity contribution in [3.05, 3.63) is 51.0 Å². The zero-order chi connectivity index (χ0) is 14.9. The molecule has 0 aromatic carbocycles. The Morgan fingerprint density at radius 1 is 1.18 bits per heavy atom. The third-order valence-electron chi connectivity index (χ3n) is 3.61. The minimum absolute atomic E-state index is 0.0648. The van der Waals surface area contributed by atoms with Crippen LogP contribution in [0.5, 0.6) is 0 Å². The van der Waals surface area contributed by atoms with Crippen LogP contribution in [0.2, 0.25) is 0 Å². The molecule has 6 heteroatoms. The van der Waals surface area contributed by atoms with Crippen LogP contribution < -0.4 is 0 Å². The number of aromatic nitrogens is 1. The van der Waals surface area contributed by atoms with E-state index < -0.39 is 0 Å². The predicted molar refractivity (Wildman–Crippen MR) is 92.6 cm³/mol. The van der Waals surface area contributed by atoms with E-state index in [0.29, 0.717) is 18.3 Å². The van der Waals surface area contributed by atoms with Crippen molar-refractivity contribution in [2.45, 2.75) is 25.4 Å².